The minimum Gasteiger partial charge on any atom is -0.390 e. The second-order valence-electron chi connectivity index (χ2n) is 6.18. The summed E-state index contributed by atoms with van der Waals surface area (Å²) in [6, 6.07) is 8.73. The van der Waals surface area contributed by atoms with E-state index in [1.165, 1.54) is 10.8 Å². The van der Waals surface area contributed by atoms with Crippen LogP contribution in [0.3, 0.4) is 0 Å². The second-order valence-corrected chi connectivity index (χ2v) is 6.18. The first-order valence-electron chi connectivity index (χ1n) is 8.50. The molecule has 8 heteroatoms. The highest BCUT2D eigenvalue weighted by Gasteiger charge is 2.35. The van der Waals surface area contributed by atoms with Gasteiger partial charge < -0.3 is 15.2 Å². The topological polar surface area (TPSA) is 113 Å². The highest BCUT2D eigenvalue weighted by molar-refractivity contribution is 5.94. The lowest BCUT2D eigenvalue weighted by molar-refractivity contribution is -0.0187. The number of nitrogens with one attached hydrogen (secondary N) is 2. The molecule has 1 saturated heterocycles. The van der Waals surface area contributed by atoms with Crippen LogP contribution in [-0.2, 0) is 11.2 Å². The summed E-state index contributed by atoms with van der Waals surface area (Å²) in [4.78, 5) is 38.1. The van der Waals surface area contributed by atoms with Crippen molar-refractivity contribution >= 4 is 5.91 Å². The van der Waals surface area contributed by atoms with E-state index < -0.39 is 29.7 Å². The molecular weight excluding hydrogens is 338 g/mol. The average Bonchev–Trinajstić information content (AvgIpc) is 3.01. The highest BCUT2D eigenvalue weighted by Crippen LogP contribution is 2.27. The number of carbonyl (C=O) groups is 1. The van der Waals surface area contributed by atoms with Crippen LogP contribution in [0.4, 0.5) is 0 Å². The quantitative estimate of drug-likeness (QED) is 0.705. The van der Waals surface area contributed by atoms with Crippen LogP contribution in [0.5, 0.6) is 0 Å². The first-order valence-corrected chi connectivity index (χ1v) is 8.50. The molecule has 0 bridgehead atoms. The van der Waals surface area contributed by atoms with Crippen LogP contribution < -0.4 is 16.6 Å². The van der Waals surface area contributed by atoms with E-state index in [1.807, 2.05) is 13.0 Å². The minimum atomic E-state index is -0.833. The maximum atomic E-state index is 12.1. The number of hydrogen-bond acceptors (Lipinski definition) is 5. The number of amides is 1. The fraction of sp³-hybridized carbons (Fsp3) is 0.389. The number of benzene rings is 1. The van der Waals surface area contributed by atoms with Crippen LogP contribution in [0.1, 0.15) is 35.5 Å². The molecule has 2 heterocycles. The third-order valence-electron chi connectivity index (χ3n) is 4.44. The van der Waals surface area contributed by atoms with E-state index in [-0.39, 0.29) is 18.9 Å². The summed E-state index contributed by atoms with van der Waals surface area (Å²) in [5, 5.41) is 12.9. The number of aryl methyl sites for hydroxylation is 1. The molecule has 1 unspecified atom stereocenters. The molecule has 3 rings (SSSR count). The summed E-state index contributed by atoms with van der Waals surface area (Å²) in [6.07, 6.45) is -0.0406. The smallest absolute Gasteiger partial charge is 0.330 e. The number of carbonyl (C=O) groups excluding carboxylic acids is 1. The summed E-state index contributed by atoms with van der Waals surface area (Å²) in [5.74, 6) is -0.265. The maximum absolute atomic E-state index is 12.1. The zero-order valence-electron chi connectivity index (χ0n) is 14.3. The number of hydrogen-bond donors (Lipinski definition) is 3. The van der Waals surface area contributed by atoms with Crippen molar-refractivity contribution in [1.29, 1.82) is 0 Å². The van der Waals surface area contributed by atoms with Gasteiger partial charge in [0, 0.05) is 30.3 Å². The SMILES string of the molecule is CCc1cn([C@@H]2CC(O)[C@H](CNC(=O)c3ccccc3)O2)c(=O)[nH]c1=O. The van der Waals surface area contributed by atoms with Crippen molar-refractivity contribution in [1.82, 2.24) is 14.9 Å². The van der Waals surface area contributed by atoms with Gasteiger partial charge in [-0.2, -0.15) is 0 Å². The number of H-pyrrole nitrogens is 1. The molecule has 1 amide bonds. The van der Waals surface area contributed by atoms with E-state index in [0.717, 1.165) is 0 Å². The van der Waals surface area contributed by atoms with E-state index in [2.05, 4.69) is 10.3 Å². The standard InChI is InChI=1S/C18H21N3O5/c1-2-11-10-21(18(25)20-17(11)24)15-8-13(22)14(26-15)9-19-16(23)12-6-4-3-5-7-12/h3-7,10,13-15,22H,2,8-9H2,1H3,(H,19,23)(H,20,24,25)/t13?,14-,15-/m0/s1. The van der Waals surface area contributed by atoms with Gasteiger partial charge in [-0.25, -0.2) is 4.79 Å². The minimum absolute atomic E-state index is 0.115. The molecule has 138 valence electrons. The second kappa shape index (κ2) is 7.67. The van der Waals surface area contributed by atoms with Gasteiger partial charge >= 0.3 is 5.69 Å². The van der Waals surface area contributed by atoms with Crippen molar-refractivity contribution in [2.75, 3.05) is 6.54 Å². The molecule has 2 aromatic rings. The van der Waals surface area contributed by atoms with Crippen LogP contribution in [0.2, 0.25) is 0 Å². The normalized spacial score (nSPS) is 22.3. The monoisotopic (exact) mass is 359 g/mol. The lowest BCUT2D eigenvalue weighted by Gasteiger charge is -2.17. The Hall–Kier alpha value is -2.71. The lowest BCUT2D eigenvalue weighted by Crippen LogP contribution is -2.37. The molecule has 0 radical (unpaired) electrons. The number of ether oxygens (including phenoxy) is 1. The van der Waals surface area contributed by atoms with Crippen LogP contribution in [0, 0.1) is 0 Å². The molecule has 26 heavy (non-hydrogen) atoms. The lowest BCUT2D eigenvalue weighted by atomic mass is 10.1. The predicted octanol–water partition coefficient (Wildman–Crippen LogP) is 0.177. The van der Waals surface area contributed by atoms with Gasteiger partial charge in [0.2, 0.25) is 0 Å². The van der Waals surface area contributed by atoms with Crippen molar-refractivity contribution < 1.29 is 14.6 Å². The molecule has 0 saturated carbocycles. The largest absolute Gasteiger partial charge is 0.390 e. The van der Waals surface area contributed by atoms with E-state index >= 15 is 0 Å². The Morgan fingerprint density at radius 1 is 1.35 bits per heavy atom. The van der Waals surface area contributed by atoms with E-state index in [1.54, 1.807) is 24.3 Å². The molecule has 3 atom stereocenters. The van der Waals surface area contributed by atoms with Gasteiger partial charge in [-0.1, -0.05) is 25.1 Å². The molecule has 0 spiro atoms. The molecule has 1 aliphatic rings. The molecular formula is C18H21N3O5. The van der Waals surface area contributed by atoms with Gasteiger partial charge in [-0.15, -0.1) is 0 Å². The van der Waals surface area contributed by atoms with Crippen molar-refractivity contribution in [3.8, 4) is 0 Å². The molecule has 0 aliphatic carbocycles. The van der Waals surface area contributed by atoms with Crippen molar-refractivity contribution in [3.05, 3.63) is 68.5 Å². The maximum Gasteiger partial charge on any atom is 0.330 e. The Kier molecular flexibility index (Phi) is 5.34. The van der Waals surface area contributed by atoms with Crippen molar-refractivity contribution in [2.24, 2.45) is 0 Å². The zero-order valence-corrected chi connectivity index (χ0v) is 14.3. The summed E-state index contributed by atoms with van der Waals surface area (Å²) in [5.41, 5.74) is -0.0261. The van der Waals surface area contributed by atoms with Gasteiger partial charge in [0.15, 0.2) is 0 Å². The van der Waals surface area contributed by atoms with Crippen LogP contribution in [-0.4, -0.2) is 39.3 Å². The Balaban J connectivity index is 1.67. The van der Waals surface area contributed by atoms with E-state index in [9.17, 15) is 19.5 Å². The number of rotatable bonds is 5. The zero-order chi connectivity index (χ0) is 18.7. The molecule has 8 nitrogen and oxygen atoms in total. The Morgan fingerprint density at radius 3 is 2.77 bits per heavy atom. The Labute approximate surface area is 149 Å². The van der Waals surface area contributed by atoms with E-state index in [0.29, 0.717) is 17.5 Å². The van der Waals surface area contributed by atoms with Crippen LogP contribution in [0.25, 0.3) is 0 Å². The molecule has 1 aromatic heterocycles. The molecule has 1 aromatic carbocycles. The van der Waals surface area contributed by atoms with Crippen LogP contribution in [0.15, 0.2) is 46.1 Å². The Bertz CT molecular complexity index is 890. The summed E-state index contributed by atoms with van der Waals surface area (Å²) >= 11 is 0. The number of nitrogens with zero attached hydrogens (tertiary/aromatic N) is 1. The first-order chi connectivity index (χ1) is 12.5. The Morgan fingerprint density at radius 2 is 2.08 bits per heavy atom. The fourth-order valence-corrected chi connectivity index (χ4v) is 2.95. The number of aliphatic hydroxyl groups is 1. The highest BCUT2D eigenvalue weighted by atomic mass is 16.5. The van der Waals surface area contributed by atoms with Crippen molar-refractivity contribution in [3.63, 3.8) is 0 Å². The number of aliphatic hydroxyl groups excluding tert-OH is 1. The third kappa shape index (κ3) is 3.76. The third-order valence-corrected chi connectivity index (χ3v) is 4.44. The van der Waals surface area contributed by atoms with Gasteiger partial charge in [0.25, 0.3) is 11.5 Å². The molecule has 3 N–H and O–H groups in total. The number of aromatic nitrogens is 2. The fourth-order valence-electron chi connectivity index (χ4n) is 2.95. The summed E-state index contributed by atoms with van der Waals surface area (Å²) < 4.78 is 7.02. The average molecular weight is 359 g/mol. The first kappa shape index (κ1) is 18.1. The predicted molar refractivity (Wildman–Crippen MR) is 94.0 cm³/mol. The van der Waals surface area contributed by atoms with Crippen LogP contribution >= 0.6 is 0 Å². The number of aromatic amines is 1. The summed E-state index contributed by atoms with van der Waals surface area (Å²) in [7, 11) is 0. The van der Waals surface area contributed by atoms with Gasteiger partial charge in [0.1, 0.15) is 12.3 Å². The van der Waals surface area contributed by atoms with E-state index in [4.69, 9.17) is 4.74 Å². The summed E-state index contributed by atoms with van der Waals surface area (Å²) in [6.45, 7) is 1.93. The molecule has 1 aliphatic heterocycles. The van der Waals surface area contributed by atoms with Gasteiger partial charge in [0.05, 0.1) is 6.10 Å². The van der Waals surface area contributed by atoms with Gasteiger partial charge in [-0.05, 0) is 18.6 Å². The van der Waals surface area contributed by atoms with Gasteiger partial charge in [-0.3, -0.25) is 19.1 Å². The molecule has 1 fully saturated rings. The van der Waals surface area contributed by atoms with Crippen molar-refractivity contribution in [2.45, 2.75) is 38.2 Å².